The lowest BCUT2D eigenvalue weighted by Crippen LogP contribution is -2.31. The molecular weight excluding hydrogens is 477 g/mol. The Kier molecular flexibility index (Phi) is 5.75. The van der Waals surface area contributed by atoms with Crippen LogP contribution in [0.2, 0.25) is 0 Å². The molecule has 2 aliphatic rings. The minimum atomic E-state index is -4.47. The van der Waals surface area contributed by atoms with Crippen molar-refractivity contribution in [2.75, 3.05) is 17.1 Å². The van der Waals surface area contributed by atoms with Crippen molar-refractivity contribution < 1.29 is 26.3 Å². The fourth-order valence-electron chi connectivity index (χ4n) is 4.97. The van der Waals surface area contributed by atoms with Crippen LogP contribution in [0.3, 0.4) is 0 Å². The van der Waals surface area contributed by atoms with Gasteiger partial charge in [-0.25, -0.2) is 8.42 Å². The second-order valence-corrected chi connectivity index (χ2v) is 10.3. The Hall–Kier alpha value is -3.46. The molecule has 0 spiro atoms. The van der Waals surface area contributed by atoms with E-state index in [1.54, 1.807) is 42.5 Å². The Bertz CT molecular complexity index is 1400. The van der Waals surface area contributed by atoms with Gasteiger partial charge in [-0.2, -0.15) is 13.2 Å². The molecule has 3 atom stereocenters. The quantitative estimate of drug-likeness (QED) is 0.401. The van der Waals surface area contributed by atoms with Crippen LogP contribution >= 0.6 is 0 Å². The van der Waals surface area contributed by atoms with Gasteiger partial charge in [0.05, 0.1) is 29.3 Å². The summed E-state index contributed by atoms with van der Waals surface area (Å²) in [6, 6.07) is 16.3. The smallest absolute Gasteiger partial charge is 0.416 e. The number of alkyl halides is 3. The summed E-state index contributed by atoms with van der Waals surface area (Å²) in [6.07, 6.45) is 0.0290. The van der Waals surface area contributed by atoms with E-state index in [4.69, 9.17) is 4.74 Å². The monoisotopic (exact) mass is 500 g/mol. The maximum Gasteiger partial charge on any atom is 0.416 e. The first kappa shape index (κ1) is 23.3. The van der Waals surface area contributed by atoms with Crippen molar-refractivity contribution in [2.45, 2.75) is 29.5 Å². The zero-order valence-electron chi connectivity index (χ0n) is 18.7. The highest BCUT2D eigenvalue weighted by Crippen LogP contribution is 2.51. The third-order valence-corrected chi connectivity index (χ3v) is 7.95. The second kappa shape index (κ2) is 8.64. The van der Waals surface area contributed by atoms with E-state index in [-0.39, 0.29) is 22.3 Å². The van der Waals surface area contributed by atoms with E-state index in [1.807, 2.05) is 12.2 Å². The van der Waals surface area contributed by atoms with E-state index in [0.29, 0.717) is 23.5 Å². The summed E-state index contributed by atoms with van der Waals surface area (Å²) in [5.74, 6) is 0.142. The molecule has 1 heterocycles. The number of fused-ring (bicyclic) bond motifs is 3. The number of anilines is 2. The van der Waals surface area contributed by atoms with Crippen LogP contribution in [0.5, 0.6) is 5.75 Å². The molecule has 5 nitrogen and oxygen atoms in total. The Morgan fingerprint density at radius 2 is 1.80 bits per heavy atom. The number of hydrogen-bond donors (Lipinski definition) is 2. The van der Waals surface area contributed by atoms with Crippen LogP contribution in [0.1, 0.15) is 35.1 Å². The number of methoxy groups -OCH3 is 1. The normalized spacial score (nSPS) is 21.1. The summed E-state index contributed by atoms with van der Waals surface area (Å²) in [4.78, 5) is 0.0778. The molecule has 9 heteroatoms. The Balaban J connectivity index is 1.50. The van der Waals surface area contributed by atoms with Gasteiger partial charge < -0.3 is 10.1 Å². The van der Waals surface area contributed by atoms with Crippen LogP contribution in [0.25, 0.3) is 0 Å². The largest absolute Gasteiger partial charge is 0.497 e. The van der Waals surface area contributed by atoms with Crippen LogP contribution in [0, 0.1) is 5.92 Å². The highest BCUT2D eigenvalue weighted by Gasteiger charge is 2.42. The molecule has 3 aromatic carbocycles. The molecule has 0 unspecified atom stereocenters. The standard InChI is InChI=1S/C26H23F3N2O3S/c1-34-17-7-4-6-16(14-17)31-35(32,33)18-12-13-24-22(15-18)19-9-5-10-20(19)25(30-24)21-8-2-3-11-23(21)26(27,28)29/h2-9,11-15,19-20,25,30-31H,10H2,1H3/t19-,20+,25-/m0/s1. The molecule has 5 rings (SSSR count). The fraction of sp³-hybridized carbons (Fsp3) is 0.231. The van der Waals surface area contributed by atoms with E-state index in [9.17, 15) is 21.6 Å². The van der Waals surface area contributed by atoms with E-state index in [1.165, 1.54) is 25.3 Å². The molecule has 2 N–H and O–H groups in total. The van der Waals surface area contributed by atoms with E-state index in [2.05, 4.69) is 10.0 Å². The fourth-order valence-corrected chi connectivity index (χ4v) is 6.06. The third-order valence-electron chi connectivity index (χ3n) is 6.57. The van der Waals surface area contributed by atoms with Gasteiger partial charge in [-0.15, -0.1) is 0 Å². The predicted molar refractivity (Wildman–Crippen MR) is 128 cm³/mol. The van der Waals surface area contributed by atoms with Crippen LogP contribution in [-0.2, 0) is 16.2 Å². The van der Waals surface area contributed by atoms with E-state index >= 15 is 0 Å². The number of halogens is 3. The van der Waals surface area contributed by atoms with Crippen molar-refractivity contribution in [3.63, 3.8) is 0 Å². The van der Waals surface area contributed by atoms with Gasteiger partial charge in [-0.1, -0.05) is 36.4 Å². The number of rotatable bonds is 5. The van der Waals surface area contributed by atoms with Gasteiger partial charge in [-0.3, -0.25) is 4.72 Å². The summed E-state index contributed by atoms with van der Waals surface area (Å²) in [5.41, 5.74) is 1.27. The Morgan fingerprint density at radius 3 is 2.57 bits per heavy atom. The van der Waals surface area contributed by atoms with E-state index in [0.717, 1.165) is 11.6 Å². The molecule has 0 bridgehead atoms. The van der Waals surface area contributed by atoms with Gasteiger partial charge in [-0.05, 0) is 59.9 Å². The molecule has 0 radical (unpaired) electrons. The summed E-state index contributed by atoms with van der Waals surface area (Å²) in [5, 5.41) is 3.27. The average Bonchev–Trinajstić information content (AvgIpc) is 3.33. The number of ether oxygens (including phenoxy) is 1. The summed E-state index contributed by atoms with van der Waals surface area (Å²) < 4.78 is 75.1. The topological polar surface area (TPSA) is 67.4 Å². The SMILES string of the molecule is COc1cccc(NS(=O)(=O)c2ccc3c(c2)[C@H]2C=CC[C@H]2[C@@H](c2ccccc2C(F)(F)F)N3)c1. The van der Waals surface area contributed by atoms with Crippen LogP contribution in [0.4, 0.5) is 24.5 Å². The number of sulfonamides is 1. The van der Waals surface area contributed by atoms with Crippen LogP contribution in [-0.4, -0.2) is 15.5 Å². The molecule has 0 aromatic heterocycles. The Morgan fingerprint density at radius 1 is 1.00 bits per heavy atom. The van der Waals surface area contributed by atoms with Gasteiger partial charge in [0.2, 0.25) is 0 Å². The van der Waals surface area contributed by atoms with Crippen LogP contribution in [0.15, 0.2) is 83.8 Å². The Labute approximate surface area is 201 Å². The minimum absolute atomic E-state index is 0.0778. The van der Waals surface area contributed by atoms with Gasteiger partial charge in [0, 0.05) is 17.7 Å². The zero-order valence-corrected chi connectivity index (χ0v) is 19.5. The number of hydrogen-bond acceptors (Lipinski definition) is 4. The molecule has 35 heavy (non-hydrogen) atoms. The van der Waals surface area contributed by atoms with Gasteiger partial charge in [0.15, 0.2) is 0 Å². The first-order valence-electron chi connectivity index (χ1n) is 11.1. The molecule has 1 aliphatic carbocycles. The molecule has 3 aromatic rings. The zero-order chi connectivity index (χ0) is 24.8. The van der Waals surface area contributed by atoms with Crippen molar-refractivity contribution in [3.8, 4) is 5.75 Å². The summed E-state index contributed by atoms with van der Waals surface area (Å²) >= 11 is 0. The third kappa shape index (κ3) is 4.36. The van der Waals surface area contributed by atoms with E-state index < -0.39 is 27.8 Å². The van der Waals surface area contributed by atoms with Gasteiger partial charge >= 0.3 is 6.18 Å². The van der Waals surface area contributed by atoms with Crippen LogP contribution < -0.4 is 14.8 Å². The molecule has 1 aliphatic heterocycles. The minimum Gasteiger partial charge on any atom is -0.497 e. The van der Waals surface area contributed by atoms with Crippen molar-refractivity contribution in [1.29, 1.82) is 0 Å². The number of benzene rings is 3. The van der Waals surface area contributed by atoms with Crippen molar-refractivity contribution in [3.05, 3.63) is 95.6 Å². The number of allylic oxidation sites excluding steroid dienone is 2. The summed E-state index contributed by atoms with van der Waals surface area (Å²) in [7, 11) is -2.40. The molecule has 0 saturated heterocycles. The van der Waals surface area contributed by atoms with Crippen molar-refractivity contribution in [1.82, 2.24) is 0 Å². The highest BCUT2D eigenvalue weighted by atomic mass is 32.2. The maximum absolute atomic E-state index is 13.7. The highest BCUT2D eigenvalue weighted by molar-refractivity contribution is 7.92. The molecule has 182 valence electrons. The maximum atomic E-state index is 13.7. The average molecular weight is 501 g/mol. The van der Waals surface area contributed by atoms with Crippen molar-refractivity contribution >= 4 is 21.4 Å². The summed E-state index contributed by atoms with van der Waals surface area (Å²) in [6.45, 7) is 0. The van der Waals surface area contributed by atoms with Gasteiger partial charge in [0.25, 0.3) is 10.0 Å². The number of nitrogens with one attached hydrogen (secondary N) is 2. The van der Waals surface area contributed by atoms with Gasteiger partial charge in [0.1, 0.15) is 5.75 Å². The predicted octanol–water partition coefficient (Wildman–Crippen LogP) is 6.34. The van der Waals surface area contributed by atoms with Crippen molar-refractivity contribution in [2.24, 2.45) is 5.92 Å². The lowest BCUT2D eigenvalue weighted by atomic mass is 9.76. The molecule has 0 amide bonds. The molecular formula is C26H23F3N2O3S. The molecule has 0 saturated carbocycles. The molecule has 0 fully saturated rings. The first-order valence-corrected chi connectivity index (χ1v) is 12.6. The lowest BCUT2D eigenvalue weighted by molar-refractivity contribution is -0.138. The first-order chi connectivity index (χ1) is 16.7. The lowest BCUT2D eigenvalue weighted by Gasteiger charge is -2.38. The second-order valence-electron chi connectivity index (χ2n) is 8.65.